The van der Waals surface area contributed by atoms with Crippen molar-refractivity contribution in [3.8, 4) is 5.75 Å². The van der Waals surface area contributed by atoms with Gasteiger partial charge in [-0.3, -0.25) is 4.79 Å². The maximum Gasteiger partial charge on any atom is 0.220 e. The van der Waals surface area contributed by atoms with Crippen LogP contribution in [-0.4, -0.2) is 13.0 Å². The molecule has 1 atom stereocenters. The molecule has 3 nitrogen and oxygen atoms in total. The second-order valence-corrected chi connectivity index (χ2v) is 6.97. The summed E-state index contributed by atoms with van der Waals surface area (Å²) in [6.45, 7) is 4.09. The number of fused-ring (bicyclic) bond motifs is 1. The van der Waals surface area contributed by atoms with Gasteiger partial charge < -0.3 is 10.1 Å². The van der Waals surface area contributed by atoms with Crippen LogP contribution < -0.4 is 10.1 Å². The fourth-order valence-electron chi connectivity index (χ4n) is 3.61. The van der Waals surface area contributed by atoms with Crippen molar-refractivity contribution in [3.05, 3.63) is 64.2 Å². The lowest BCUT2D eigenvalue weighted by atomic mass is 10.0. The predicted molar refractivity (Wildman–Crippen MR) is 101 cm³/mol. The zero-order valence-electron chi connectivity index (χ0n) is 15.4. The number of methoxy groups -OCH3 is 1. The molecule has 3 heteroatoms. The number of aryl methyl sites for hydroxylation is 4. The Hall–Kier alpha value is -2.29. The van der Waals surface area contributed by atoms with Gasteiger partial charge in [-0.25, -0.2) is 0 Å². The molecule has 1 amide bonds. The van der Waals surface area contributed by atoms with Gasteiger partial charge in [-0.05, 0) is 73.4 Å². The van der Waals surface area contributed by atoms with Crippen molar-refractivity contribution in [3.63, 3.8) is 0 Å². The molecule has 0 aliphatic heterocycles. The van der Waals surface area contributed by atoms with Gasteiger partial charge in [-0.2, -0.15) is 0 Å². The summed E-state index contributed by atoms with van der Waals surface area (Å²) in [6.07, 6.45) is 4.85. The molecular formula is C22H27NO2. The number of carbonyl (C=O) groups is 1. The zero-order chi connectivity index (χ0) is 17.8. The van der Waals surface area contributed by atoms with E-state index >= 15 is 0 Å². The minimum atomic E-state index is 0.0519. The van der Waals surface area contributed by atoms with Crippen LogP contribution in [0.25, 0.3) is 0 Å². The summed E-state index contributed by atoms with van der Waals surface area (Å²) >= 11 is 0. The van der Waals surface area contributed by atoms with Gasteiger partial charge in [0.15, 0.2) is 0 Å². The molecule has 132 valence electrons. The second kappa shape index (κ2) is 7.73. The minimum Gasteiger partial charge on any atom is -0.496 e. The molecule has 1 aliphatic rings. The quantitative estimate of drug-likeness (QED) is 0.853. The second-order valence-electron chi connectivity index (χ2n) is 6.97. The lowest BCUT2D eigenvalue weighted by Crippen LogP contribution is -2.26. The summed E-state index contributed by atoms with van der Waals surface area (Å²) in [5.74, 6) is 0.986. The highest BCUT2D eigenvalue weighted by Gasteiger charge is 2.15. The van der Waals surface area contributed by atoms with Crippen LogP contribution in [0.2, 0.25) is 0 Å². The number of hydrogen-bond donors (Lipinski definition) is 1. The fraction of sp³-hybridized carbons (Fsp3) is 0.409. The number of nitrogens with one attached hydrogen (secondary N) is 1. The third kappa shape index (κ3) is 4.22. The third-order valence-corrected chi connectivity index (χ3v) is 5.10. The summed E-state index contributed by atoms with van der Waals surface area (Å²) in [5, 5.41) is 3.13. The molecule has 3 rings (SSSR count). The number of ether oxygens (including phenoxy) is 1. The van der Waals surface area contributed by atoms with Crippen LogP contribution in [-0.2, 0) is 24.1 Å². The van der Waals surface area contributed by atoms with Gasteiger partial charge in [0, 0.05) is 6.42 Å². The van der Waals surface area contributed by atoms with Crippen molar-refractivity contribution in [2.75, 3.05) is 7.11 Å². The van der Waals surface area contributed by atoms with Crippen LogP contribution in [0.4, 0.5) is 0 Å². The topological polar surface area (TPSA) is 38.3 Å². The first kappa shape index (κ1) is 17.5. The average molecular weight is 337 g/mol. The van der Waals surface area contributed by atoms with Gasteiger partial charge in [0.1, 0.15) is 5.75 Å². The summed E-state index contributed by atoms with van der Waals surface area (Å²) in [5.41, 5.74) is 6.39. The van der Waals surface area contributed by atoms with Crippen LogP contribution in [0.15, 0.2) is 36.4 Å². The first-order valence-corrected chi connectivity index (χ1v) is 9.11. The summed E-state index contributed by atoms with van der Waals surface area (Å²) < 4.78 is 5.28. The lowest BCUT2D eigenvalue weighted by molar-refractivity contribution is -0.121. The molecule has 0 radical (unpaired) electrons. The van der Waals surface area contributed by atoms with Crippen molar-refractivity contribution in [1.29, 1.82) is 0 Å². The molecule has 1 aliphatic carbocycles. The van der Waals surface area contributed by atoms with E-state index in [1.807, 2.05) is 19.1 Å². The molecule has 2 aromatic rings. The normalized spacial score (nSPS) is 14.0. The van der Waals surface area contributed by atoms with Crippen molar-refractivity contribution in [2.24, 2.45) is 0 Å². The highest BCUT2D eigenvalue weighted by molar-refractivity contribution is 5.76. The fourth-order valence-corrected chi connectivity index (χ4v) is 3.61. The van der Waals surface area contributed by atoms with E-state index in [0.29, 0.717) is 6.42 Å². The molecule has 0 spiro atoms. The van der Waals surface area contributed by atoms with Gasteiger partial charge in [0.25, 0.3) is 0 Å². The van der Waals surface area contributed by atoms with E-state index in [4.69, 9.17) is 4.74 Å². The van der Waals surface area contributed by atoms with E-state index in [1.54, 1.807) is 7.11 Å². The first-order chi connectivity index (χ1) is 12.1. The van der Waals surface area contributed by atoms with Crippen molar-refractivity contribution in [1.82, 2.24) is 5.32 Å². The van der Waals surface area contributed by atoms with E-state index < -0.39 is 0 Å². The maximum absolute atomic E-state index is 12.3. The number of benzene rings is 2. The number of carbonyl (C=O) groups excluding carboxylic acids is 1. The Labute approximate surface area is 150 Å². The monoisotopic (exact) mass is 337 g/mol. The van der Waals surface area contributed by atoms with Gasteiger partial charge in [-0.15, -0.1) is 0 Å². The molecule has 25 heavy (non-hydrogen) atoms. The molecule has 0 aromatic heterocycles. The van der Waals surface area contributed by atoms with Crippen LogP contribution in [0.1, 0.15) is 53.6 Å². The average Bonchev–Trinajstić information content (AvgIpc) is 3.07. The van der Waals surface area contributed by atoms with Crippen molar-refractivity contribution in [2.45, 2.75) is 52.0 Å². The highest BCUT2D eigenvalue weighted by Crippen LogP contribution is 2.25. The SMILES string of the molecule is COc1ccc(CCC(=O)N[C@@H](C)c2ccc3c(c2)CCC3)cc1C. The molecule has 0 unspecified atom stereocenters. The molecular weight excluding hydrogens is 310 g/mol. The molecule has 0 saturated carbocycles. The van der Waals surface area contributed by atoms with Crippen LogP contribution >= 0.6 is 0 Å². The van der Waals surface area contributed by atoms with Crippen molar-refractivity contribution < 1.29 is 9.53 Å². The van der Waals surface area contributed by atoms with E-state index in [1.165, 1.54) is 41.5 Å². The molecule has 0 fully saturated rings. The maximum atomic E-state index is 12.3. The Balaban J connectivity index is 1.54. The van der Waals surface area contributed by atoms with Crippen LogP contribution in [0.3, 0.4) is 0 Å². The molecule has 1 N–H and O–H groups in total. The Bertz CT molecular complexity index is 767. The predicted octanol–water partition coefficient (Wildman–Crippen LogP) is 4.30. The standard InChI is InChI=1S/C22H27NO2/c1-15-13-17(7-11-21(15)25-3)8-12-22(24)23-16(2)19-10-9-18-5-4-6-20(18)14-19/h7,9-11,13-14,16H,4-6,8,12H2,1-3H3,(H,23,24)/t16-/m0/s1. The third-order valence-electron chi connectivity index (χ3n) is 5.10. The molecule has 2 aromatic carbocycles. The van der Waals surface area contributed by atoms with Crippen molar-refractivity contribution >= 4 is 5.91 Å². The molecule has 0 saturated heterocycles. The van der Waals surface area contributed by atoms with E-state index in [2.05, 4.69) is 36.5 Å². The zero-order valence-corrected chi connectivity index (χ0v) is 15.4. The molecule has 0 heterocycles. The summed E-state index contributed by atoms with van der Waals surface area (Å²) in [7, 11) is 1.68. The Morgan fingerprint density at radius 2 is 1.96 bits per heavy atom. The smallest absolute Gasteiger partial charge is 0.220 e. The van der Waals surface area contributed by atoms with Gasteiger partial charge >= 0.3 is 0 Å². The minimum absolute atomic E-state index is 0.0519. The Morgan fingerprint density at radius 3 is 2.72 bits per heavy atom. The van der Waals surface area contributed by atoms with Crippen LogP contribution in [0, 0.1) is 6.92 Å². The van der Waals surface area contributed by atoms with Crippen LogP contribution in [0.5, 0.6) is 5.75 Å². The van der Waals surface area contributed by atoms with E-state index in [0.717, 1.165) is 17.7 Å². The van der Waals surface area contributed by atoms with Gasteiger partial charge in [0.05, 0.1) is 13.2 Å². The highest BCUT2D eigenvalue weighted by atomic mass is 16.5. The molecule has 0 bridgehead atoms. The number of hydrogen-bond acceptors (Lipinski definition) is 2. The van der Waals surface area contributed by atoms with Gasteiger partial charge in [0.2, 0.25) is 5.91 Å². The number of amides is 1. The van der Waals surface area contributed by atoms with E-state index in [-0.39, 0.29) is 11.9 Å². The Kier molecular flexibility index (Phi) is 5.42. The number of rotatable bonds is 6. The van der Waals surface area contributed by atoms with Gasteiger partial charge in [-0.1, -0.05) is 30.3 Å². The van der Waals surface area contributed by atoms with E-state index in [9.17, 15) is 4.79 Å². The lowest BCUT2D eigenvalue weighted by Gasteiger charge is -2.16. The summed E-state index contributed by atoms with van der Waals surface area (Å²) in [4.78, 5) is 12.3. The first-order valence-electron chi connectivity index (χ1n) is 9.11. The summed E-state index contributed by atoms with van der Waals surface area (Å²) in [6, 6.07) is 12.8. The Morgan fingerprint density at radius 1 is 1.16 bits per heavy atom. The largest absolute Gasteiger partial charge is 0.496 e.